The summed E-state index contributed by atoms with van der Waals surface area (Å²) in [7, 11) is 0. The summed E-state index contributed by atoms with van der Waals surface area (Å²) >= 11 is 5.77. The lowest BCUT2D eigenvalue weighted by molar-refractivity contribution is 0.450. The van der Waals surface area contributed by atoms with Gasteiger partial charge in [0.05, 0.1) is 5.88 Å². The first kappa shape index (κ1) is 9.66. The van der Waals surface area contributed by atoms with E-state index in [9.17, 15) is 0 Å². The highest BCUT2D eigenvalue weighted by molar-refractivity contribution is 6.17. The van der Waals surface area contributed by atoms with E-state index < -0.39 is 0 Å². The van der Waals surface area contributed by atoms with Crippen LogP contribution in [-0.4, -0.2) is 0 Å². The van der Waals surface area contributed by atoms with Gasteiger partial charge in [0.15, 0.2) is 0 Å². The lowest BCUT2D eigenvalue weighted by Gasteiger charge is -2.02. The van der Waals surface area contributed by atoms with Gasteiger partial charge in [0.1, 0.15) is 11.5 Å². The van der Waals surface area contributed by atoms with E-state index in [1.54, 1.807) is 0 Å². The molecule has 0 saturated carbocycles. The van der Waals surface area contributed by atoms with Crippen molar-refractivity contribution in [2.24, 2.45) is 5.92 Å². The standard InChI is InChI=1S/C10H15ClO/c1-7(2)4-10-9(6-11)5-8(3)12-10/h5,7H,4,6H2,1-3H3. The summed E-state index contributed by atoms with van der Waals surface area (Å²) < 4.78 is 5.53. The Morgan fingerprint density at radius 1 is 1.50 bits per heavy atom. The van der Waals surface area contributed by atoms with Crippen molar-refractivity contribution in [2.45, 2.75) is 33.1 Å². The summed E-state index contributed by atoms with van der Waals surface area (Å²) in [6.45, 7) is 6.31. The number of hydrogen-bond donors (Lipinski definition) is 0. The van der Waals surface area contributed by atoms with Crippen LogP contribution in [0.5, 0.6) is 0 Å². The smallest absolute Gasteiger partial charge is 0.108 e. The molecule has 2 heteroatoms. The molecule has 0 bridgehead atoms. The normalized spacial score (nSPS) is 11.1. The van der Waals surface area contributed by atoms with Crippen molar-refractivity contribution >= 4 is 11.6 Å². The number of halogens is 1. The minimum absolute atomic E-state index is 0.555. The number of hydrogen-bond acceptors (Lipinski definition) is 1. The number of alkyl halides is 1. The van der Waals surface area contributed by atoms with Gasteiger partial charge in [-0.2, -0.15) is 0 Å². The van der Waals surface area contributed by atoms with Crippen molar-refractivity contribution in [3.63, 3.8) is 0 Å². The first-order valence-electron chi connectivity index (χ1n) is 4.27. The molecule has 0 atom stereocenters. The van der Waals surface area contributed by atoms with Gasteiger partial charge in [-0.15, -0.1) is 11.6 Å². The molecule has 0 aromatic carbocycles. The first-order valence-corrected chi connectivity index (χ1v) is 4.81. The Labute approximate surface area is 78.7 Å². The van der Waals surface area contributed by atoms with E-state index in [0.717, 1.165) is 23.5 Å². The quantitative estimate of drug-likeness (QED) is 0.659. The van der Waals surface area contributed by atoms with Gasteiger partial charge >= 0.3 is 0 Å². The van der Waals surface area contributed by atoms with Crippen LogP contribution in [0.3, 0.4) is 0 Å². The Hall–Kier alpha value is -0.430. The van der Waals surface area contributed by atoms with Crippen molar-refractivity contribution in [1.29, 1.82) is 0 Å². The summed E-state index contributed by atoms with van der Waals surface area (Å²) in [4.78, 5) is 0. The van der Waals surface area contributed by atoms with Crippen LogP contribution in [0.4, 0.5) is 0 Å². The van der Waals surface area contributed by atoms with Crippen molar-refractivity contribution in [1.82, 2.24) is 0 Å². The molecule has 1 aromatic rings. The van der Waals surface area contributed by atoms with E-state index in [4.69, 9.17) is 16.0 Å². The molecule has 1 heterocycles. The van der Waals surface area contributed by atoms with Crippen LogP contribution in [0.1, 0.15) is 30.9 Å². The predicted octanol–water partition coefficient (Wildman–Crippen LogP) is 3.53. The van der Waals surface area contributed by atoms with E-state index in [-0.39, 0.29) is 0 Å². The molecule has 0 spiro atoms. The lowest BCUT2D eigenvalue weighted by atomic mass is 10.1. The molecule has 0 radical (unpaired) electrons. The zero-order valence-corrected chi connectivity index (χ0v) is 8.61. The van der Waals surface area contributed by atoms with Crippen LogP contribution in [0.25, 0.3) is 0 Å². The second-order valence-corrected chi connectivity index (χ2v) is 3.80. The fourth-order valence-electron chi connectivity index (χ4n) is 1.27. The van der Waals surface area contributed by atoms with Gasteiger partial charge < -0.3 is 4.42 Å². The van der Waals surface area contributed by atoms with Crippen LogP contribution in [-0.2, 0) is 12.3 Å². The Morgan fingerprint density at radius 3 is 2.67 bits per heavy atom. The van der Waals surface area contributed by atoms with Crippen molar-refractivity contribution in [3.05, 3.63) is 23.2 Å². The number of furan rings is 1. The maximum absolute atomic E-state index is 5.77. The van der Waals surface area contributed by atoms with Gasteiger partial charge in [0, 0.05) is 12.0 Å². The third-order valence-corrected chi connectivity index (χ3v) is 2.05. The molecule has 0 amide bonds. The molecule has 0 fully saturated rings. The summed E-state index contributed by atoms with van der Waals surface area (Å²) in [6.07, 6.45) is 0.982. The number of rotatable bonds is 3. The molecule has 0 aliphatic heterocycles. The molecule has 68 valence electrons. The Kier molecular flexibility index (Phi) is 3.21. The minimum atomic E-state index is 0.555. The monoisotopic (exact) mass is 186 g/mol. The van der Waals surface area contributed by atoms with Gasteiger partial charge in [-0.3, -0.25) is 0 Å². The van der Waals surface area contributed by atoms with Crippen LogP contribution in [0.2, 0.25) is 0 Å². The molecule has 0 aliphatic carbocycles. The lowest BCUT2D eigenvalue weighted by Crippen LogP contribution is -1.94. The molecule has 0 unspecified atom stereocenters. The van der Waals surface area contributed by atoms with Crippen molar-refractivity contribution in [2.75, 3.05) is 0 Å². The molecule has 0 aliphatic rings. The third kappa shape index (κ3) is 2.28. The van der Waals surface area contributed by atoms with Crippen LogP contribution in [0.15, 0.2) is 10.5 Å². The summed E-state index contributed by atoms with van der Waals surface area (Å²) in [5.74, 6) is 3.19. The van der Waals surface area contributed by atoms with E-state index >= 15 is 0 Å². The van der Waals surface area contributed by atoms with Crippen LogP contribution in [0, 0.1) is 12.8 Å². The van der Waals surface area contributed by atoms with E-state index in [0.29, 0.717) is 11.8 Å². The zero-order valence-electron chi connectivity index (χ0n) is 7.86. The molecule has 12 heavy (non-hydrogen) atoms. The average molecular weight is 187 g/mol. The second kappa shape index (κ2) is 3.99. The average Bonchev–Trinajstić information content (AvgIpc) is 2.29. The summed E-state index contributed by atoms with van der Waals surface area (Å²) in [6, 6.07) is 2.02. The highest BCUT2D eigenvalue weighted by Crippen LogP contribution is 2.19. The van der Waals surface area contributed by atoms with Crippen LogP contribution >= 0.6 is 11.6 Å². The van der Waals surface area contributed by atoms with Gasteiger partial charge in [-0.25, -0.2) is 0 Å². The third-order valence-electron chi connectivity index (χ3n) is 1.76. The summed E-state index contributed by atoms with van der Waals surface area (Å²) in [5, 5.41) is 0. The second-order valence-electron chi connectivity index (χ2n) is 3.54. The Bertz CT molecular complexity index is 250. The van der Waals surface area contributed by atoms with Gasteiger partial charge in [0.2, 0.25) is 0 Å². The maximum Gasteiger partial charge on any atom is 0.108 e. The molecule has 1 rings (SSSR count). The molecular formula is C10H15ClO. The Morgan fingerprint density at radius 2 is 2.17 bits per heavy atom. The highest BCUT2D eigenvalue weighted by Gasteiger charge is 2.09. The minimum Gasteiger partial charge on any atom is -0.466 e. The summed E-state index contributed by atoms with van der Waals surface area (Å²) in [5.41, 5.74) is 1.14. The number of aryl methyl sites for hydroxylation is 1. The van der Waals surface area contributed by atoms with Gasteiger partial charge in [0.25, 0.3) is 0 Å². The molecule has 1 nitrogen and oxygen atoms in total. The molecule has 0 N–H and O–H groups in total. The fraction of sp³-hybridized carbons (Fsp3) is 0.600. The van der Waals surface area contributed by atoms with Crippen LogP contribution < -0.4 is 0 Å². The predicted molar refractivity (Wildman–Crippen MR) is 51.5 cm³/mol. The fourth-order valence-corrected chi connectivity index (χ4v) is 1.50. The molecular weight excluding hydrogens is 172 g/mol. The maximum atomic E-state index is 5.77. The SMILES string of the molecule is Cc1cc(CCl)c(CC(C)C)o1. The van der Waals surface area contributed by atoms with Gasteiger partial charge in [-0.1, -0.05) is 13.8 Å². The Balaban J connectivity index is 2.81. The van der Waals surface area contributed by atoms with Crippen molar-refractivity contribution in [3.8, 4) is 0 Å². The first-order chi connectivity index (χ1) is 5.63. The van der Waals surface area contributed by atoms with E-state index in [1.807, 2.05) is 13.0 Å². The highest BCUT2D eigenvalue weighted by atomic mass is 35.5. The van der Waals surface area contributed by atoms with E-state index in [2.05, 4.69) is 13.8 Å². The molecule has 0 saturated heterocycles. The largest absolute Gasteiger partial charge is 0.466 e. The topological polar surface area (TPSA) is 13.1 Å². The van der Waals surface area contributed by atoms with Crippen molar-refractivity contribution < 1.29 is 4.42 Å². The molecule has 1 aromatic heterocycles. The van der Waals surface area contributed by atoms with Gasteiger partial charge in [-0.05, 0) is 18.9 Å². The zero-order chi connectivity index (χ0) is 9.14. The van der Waals surface area contributed by atoms with E-state index in [1.165, 1.54) is 0 Å².